The number of carbonyl (C=O) groups is 1. The maximum atomic E-state index is 10.4. The van der Waals surface area contributed by atoms with Crippen molar-refractivity contribution >= 4 is 11.7 Å². The van der Waals surface area contributed by atoms with Crippen LogP contribution in [0.4, 0.5) is 5.69 Å². The number of hydrogen-bond donors (Lipinski definition) is 4. The molecule has 0 radical (unpaired) electrons. The van der Waals surface area contributed by atoms with Gasteiger partial charge in [-0.15, -0.1) is 0 Å². The number of phenols is 1. The number of nitrogens with one attached hydrogen (secondary N) is 1. The van der Waals surface area contributed by atoms with Crippen LogP contribution in [0.15, 0.2) is 24.3 Å². The molecular formula is C9H12N2O3. The Hall–Kier alpha value is -1.75. The van der Waals surface area contributed by atoms with E-state index in [9.17, 15) is 4.79 Å². The highest BCUT2D eigenvalue weighted by atomic mass is 16.4. The molecule has 76 valence electrons. The first-order valence-corrected chi connectivity index (χ1v) is 4.11. The zero-order chi connectivity index (χ0) is 10.6. The molecule has 0 bridgehead atoms. The van der Waals surface area contributed by atoms with Crippen molar-refractivity contribution in [3.05, 3.63) is 24.3 Å². The molecule has 0 aliphatic heterocycles. The molecule has 0 aromatic heterocycles. The van der Waals surface area contributed by atoms with E-state index >= 15 is 0 Å². The van der Waals surface area contributed by atoms with Crippen LogP contribution in [0.1, 0.15) is 0 Å². The fourth-order valence-corrected chi connectivity index (χ4v) is 0.894. The standard InChI is InChI=1S/C9H12N2O3/c10-8(9(13)14)5-11-6-1-3-7(12)4-2-6/h1-4,8,11-12H,5,10H2,(H,13,14). The van der Waals surface area contributed by atoms with Gasteiger partial charge in [-0.2, -0.15) is 0 Å². The minimum absolute atomic E-state index is 0.153. The molecule has 0 amide bonds. The first kappa shape index (κ1) is 10.3. The summed E-state index contributed by atoms with van der Waals surface area (Å²) in [6, 6.07) is 5.38. The number of aromatic hydroxyl groups is 1. The Morgan fingerprint density at radius 1 is 1.43 bits per heavy atom. The topological polar surface area (TPSA) is 95.6 Å². The second-order valence-electron chi connectivity index (χ2n) is 2.87. The first-order valence-electron chi connectivity index (χ1n) is 4.11. The molecule has 5 heteroatoms. The molecule has 0 spiro atoms. The number of phenolic OH excluding ortho intramolecular Hbond substituents is 1. The van der Waals surface area contributed by atoms with Crippen LogP contribution in [0.25, 0.3) is 0 Å². The molecule has 1 aromatic rings. The average molecular weight is 196 g/mol. The third kappa shape index (κ3) is 2.95. The monoisotopic (exact) mass is 196 g/mol. The van der Waals surface area contributed by atoms with E-state index in [2.05, 4.69) is 5.32 Å². The minimum atomic E-state index is -1.05. The maximum absolute atomic E-state index is 10.4. The number of carboxylic acids is 1. The lowest BCUT2D eigenvalue weighted by atomic mass is 10.2. The maximum Gasteiger partial charge on any atom is 0.322 e. The van der Waals surface area contributed by atoms with Gasteiger partial charge >= 0.3 is 5.97 Å². The van der Waals surface area contributed by atoms with Gasteiger partial charge in [0.25, 0.3) is 0 Å². The van der Waals surface area contributed by atoms with E-state index in [-0.39, 0.29) is 12.3 Å². The summed E-state index contributed by atoms with van der Waals surface area (Å²) in [6.45, 7) is 0.153. The SMILES string of the molecule is NC(CNc1ccc(O)cc1)C(=O)O. The van der Waals surface area contributed by atoms with Gasteiger partial charge in [0.05, 0.1) is 0 Å². The van der Waals surface area contributed by atoms with Gasteiger partial charge in [0.1, 0.15) is 11.8 Å². The van der Waals surface area contributed by atoms with Crippen LogP contribution in [0.3, 0.4) is 0 Å². The molecule has 0 heterocycles. The van der Waals surface area contributed by atoms with Crippen molar-refractivity contribution in [2.75, 3.05) is 11.9 Å². The first-order chi connectivity index (χ1) is 6.59. The molecule has 1 atom stereocenters. The van der Waals surface area contributed by atoms with E-state index in [1.807, 2.05) is 0 Å². The van der Waals surface area contributed by atoms with E-state index in [1.165, 1.54) is 12.1 Å². The molecule has 1 rings (SSSR count). The predicted octanol–water partition coefficient (Wildman–Crippen LogP) is 0.216. The van der Waals surface area contributed by atoms with Gasteiger partial charge in [0.2, 0.25) is 0 Å². The average Bonchev–Trinajstić information content (AvgIpc) is 2.16. The number of anilines is 1. The van der Waals surface area contributed by atoms with Gasteiger partial charge in [-0.1, -0.05) is 0 Å². The number of hydrogen-bond acceptors (Lipinski definition) is 4. The van der Waals surface area contributed by atoms with Crippen LogP contribution in [0.5, 0.6) is 5.75 Å². The zero-order valence-corrected chi connectivity index (χ0v) is 7.47. The van der Waals surface area contributed by atoms with Crippen LogP contribution < -0.4 is 11.1 Å². The number of benzene rings is 1. The van der Waals surface area contributed by atoms with E-state index in [0.717, 1.165) is 5.69 Å². The Morgan fingerprint density at radius 3 is 2.50 bits per heavy atom. The smallest absolute Gasteiger partial charge is 0.322 e. The highest BCUT2D eigenvalue weighted by molar-refractivity contribution is 5.74. The van der Waals surface area contributed by atoms with Crippen molar-refractivity contribution in [2.24, 2.45) is 5.73 Å². The van der Waals surface area contributed by atoms with Gasteiger partial charge in [0.15, 0.2) is 0 Å². The minimum Gasteiger partial charge on any atom is -0.508 e. The zero-order valence-electron chi connectivity index (χ0n) is 7.47. The van der Waals surface area contributed by atoms with Gasteiger partial charge in [-0.3, -0.25) is 4.79 Å². The fraction of sp³-hybridized carbons (Fsp3) is 0.222. The summed E-state index contributed by atoms with van der Waals surface area (Å²) in [6.07, 6.45) is 0. The summed E-state index contributed by atoms with van der Waals surface area (Å²) in [5.41, 5.74) is 6.00. The lowest BCUT2D eigenvalue weighted by Crippen LogP contribution is -2.36. The third-order valence-corrected chi connectivity index (χ3v) is 1.71. The summed E-state index contributed by atoms with van der Waals surface area (Å²) >= 11 is 0. The number of aliphatic carboxylic acids is 1. The normalized spacial score (nSPS) is 12.1. The lowest BCUT2D eigenvalue weighted by molar-refractivity contribution is -0.138. The third-order valence-electron chi connectivity index (χ3n) is 1.71. The van der Waals surface area contributed by atoms with E-state index in [0.29, 0.717) is 0 Å². The molecule has 0 aliphatic carbocycles. The quantitative estimate of drug-likeness (QED) is 0.516. The van der Waals surface area contributed by atoms with Gasteiger partial charge in [-0.05, 0) is 24.3 Å². The number of nitrogens with two attached hydrogens (primary N) is 1. The largest absolute Gasteiger partial charge is 0.508 e. The van der Waals surface area contributed by atoms with E-state index < -0.39 is 12.0 Å². The van der Waals surface area contributed by atoms with Crippen molar-refractivity contribution in [3.8, 4) is 5.75 Å². The van der Waals surface area contributed by atoms with Crippen LogP contribution >= 0.6 is 0 Å². The van der Waals surface area contributed by atoms with Crippen LogP contribution in [-0.4, -0.2) is 28.8 Å². The summed E-state index contributed by atoms with van der Waals surface area (Å²) in [7, 11) is 0. The molecule has 1 unspecified atom stereocenters. The van der Waals surface area contributed by atoms with Crippen LogP contribution in [0.2, 0.25) is 0 Å². The van der Waals surface area contributed by atoms with E-state index in [4.69, 9.17) is 15.9 Å². The fourth-order valence-electron chi connectivity index (χ4n) is 0.894. The molecule has 1 aromatic carbocycles. The second-order valence-corrected chi connectivity index (χ2v) is 2.87. The van der Waals surface area contributed by atoms with Crippen molar-refractivity contribution in [1.29, 1.82) is 0 Å². The number of carboxylic acid groups (broad SMARTS) is 1. The summed E-state index contributed by atoms with van der Waals surface area (Å²) in [5, 5.41) is 20.3. The second kappa shape index (κ2) is 4.48. The predicted molar refractivity (Wildman–Crippen MR) is 52.2 cm³/mol. The molecule has 5 N–H and O–H groups in total. The van der Waals surface area contributed by atoms with Crippen molar-refractivity contribution in [2.45, 2.75) is 6.04 Å². The summed E-state index contributed by atoms with van der Waals surface area (Å²) in [4.78, 5) is 10.4. The van der Waals surface area contributed by atoms with Gasteiger partial charge in [0, 0.05) is 12.2 Å². The molecule has 0 saturated carbocycles. The van der Waals surface area contributed by atoms with Gasteiger partial charge in [-0.25, -0.2) is 0 Å². The number of rotatable bonds is 4. The Bertz CT molecular complexity index is 310. The van der Waals surface area contributed by atoms with Crippen molar-refractivity contribution in [3.63, 3.8) is 0 Å². The highest BCUT2D eigenvalue weighted by Crippen LogP contribution is 2.13. The Labute approximate surface area is 81.2 Å². The van der Waals surface area contributed by atoms with Crippen LogP contribution in [0, 0.1) is 0 Å². The lowest BCUT2D eigenvalue weighted by Gasteiger charge is -2.09. The summed E-state index contributed by atoms with van der Waals surface area (Å²) < 4.78 is 0. The van der Waals surface area contributed by atoms with Crippen molar-refractivity contribution in [1.82, 2.24) is 0 Å². The molecule has 14 heavy (non-hydrogen) atoms. The van der Waals surface area contributed by atoms with Crippen molar-refractivity contribution < 1.29 is 15.0 Å². The Morgan fingerprint density at radius 2 is 2.00 bits per heavy atom. The molecule has 0 aliphatic rings. The molecular weight excluding hydrogens is 184 g/mol. The Kier molecular flexibility index (Phi) is 3.30. The molecule has 5 nitrogen and oxygen atoms in total. The Balaban J connectivity index is 2.46. The molecule has 0 saturated heterocycles. The molecule has 0 fully saturated rings. The van der Waals surface area contributed by atoms with Gasteiger partial charge < -0.3 is 21.3 Å². The summed E-state index contributed by atoms with van der Waals surface area (Å²) in [5.74, 6) is -0.880. The van der Waals surface area contributed by atoms with Crippen LogP contribution in [-0.2, 0) is 4.79 Å². The highest BCUT2D eigenvalue weighted by Gasteiger charge is 2.09. The van der Waals surface area contributed by atoms with E-state index in [1.54, 1.807) is 12.1 Å².